The summed E-state index contributed by atoms with van der Waals surface area (Å²) < 4.78 is 22.1. The lowest BCUT2D eigenvalue weighted by atomic mass is 10.1. The number of rotatable bonds is 6. The minimum atomic E-state index is -3.32. The molecule has 21 heavy (non-hydrogen) atoms. The first kappa shape index (κ1) is 17.7. The van der Waals surface area contributed by atoms with Gasteiger partial charge in [0.2, 0.25) is 0 Å². The first-order valence-electron chi connectivity index (χ1n) is 5.76. The van der Waals surface area contributed by atoms with E-state index in [9.17, 15) is 18.0 Å². The highest BCUT2D eigenvalue weighted by molar-refractivity contribution is 7.90. The second kappa shape index (κ2) is 7.11. The highest BCUT2D eigenvalue weighted by atomic mass is 35.5. The van der Waals surface area contributed by atoms with Crippen LogP contribution in [0.4, 0.5) is 0 Å². The molecule has 0 bridgehead atoms. The molecule has 0 heterocycles. The molecule has 1 aromatic carbocycles. The van der Waals surface area contributed by atoms with E-state index in [-0.39, 0.29) is 27.8 Å². The molecule has 0 aliphatic carbocycles. The SMILES string of the molecule is CS(=O)(=O)CC[C@H](NC(=O)c1ccc(Cl)c(Cl)c1)C(=O)O. The summed E-state index contributed by atoms with van der Waals surface area (Å²) in [5.41, 5.74) is 0.134. The van der Waals surface area contributed by atoms with Crippen LogP contribution in [0.3, 0.4) is 0 Å². The number of carboxylic acids is 1. The maximum atomic E-state index is 11.9. The fraction of sp³-hybridized carbons (Fsp3) is 0.333. The van der Waals surface area contributed by atoms with Crippen LogP contribution in [0.25, 0.3) is 0 Å². The van der Waals surface area contributed by atoms with E-state index in [1.54, 1.807) is 0 Å². The van der Waals surface area contributed by atoms with Crippen molar-refractivity contribution in [3.63, 3.8) is 0 Å². The number of hydrogen-bond donors (Lipinski definition) is 2. The van der Waals surface area contributed by atoms with Gasteiger partial charge < -0.3 is 10.4 Å². The summed E-state index contributed by atoms with van der Waals surface area (Å²) in [6.07, 6.45) is 0.772. The van der Waals surface area contributed by atoms with Gasteiger partial charge in [-0.1, -0.05) is 23.2 Å². The van der Waals surface area contributed by atoms with Crippen molar-refractivity contribution >= 4 is 44.9 Å². The average molecular weight is 354 g/mol. The van der Waals surface area contributed by atoms with Crippen molar-refractivity contribution in [2.75, 3.05) is 12.0 Å². The Balaban J connectivity index is 2.81. The minimum Gasteiger partial charge on any atom is -0.480 e. The maximum Gasteiger partial charge on any atom is 0.326 e. The Bertz CT molecular complexity index is 660. The largest absolute Gasteiger partial charge is 0.480 e. The number of sulfone groups is 1. The molecule has 116 valence electrons. The molecule has 0 saturated carbocycles. The predicted octanol–water partition coefficient (Wildman–Crippen LogP) is 1.61. The molecule has 0 spiro atoms. The van der Waals surface area contributed by atoms with Crippen molar-refractivity contribution in [2.45, 2.75) is 12.5 Å². The van der Waals surface area contributed by atoms with Crippen molar-refractivity contribution in [1.82, 2.24) is 5.32 Å². The van der Waals surface area contributed by atoms with E-state index in [1.165, 1.54) is 18.2 Å². The summed E-state index contributed by atoms with van der Waals surface area (Å²) in [6.45, 7) is 0. The van der Waals surface area contributed by atoms with Gasteiger partial charge in [0.25, 0.3) is 5.91 Å². The number of aliphatic carboxylic acids is 1. The van der Waals surface area contributed by atoms with Crippen molar-refractivity contribution < 1.29 is 23.1 Å². The third-order valence-electron chi connectivity index (χ3n) is 2.56. The summed E-state index contributed by atoms with van der Waals surface area (Å²) >= 11 is 11.5. The molecule has 2 N–H and O–H groups in total. The van der Waals surface area contributed by atoms with Crippen LogP contribution in [0.1, 0.15) is 16.8 Å². The number of benzene rings is 1. The Morgan fingerprint density at radius 3 is 2.38 bits per heavy atom. The number of carbonyl (C=O) groups is 2. The smallest absolute Gasteiger partial charge is 0.326 e. The van der Waals surface area contributed by atoms with Crippen LogP contribution < -0.4 is 5.32 Å². The molecule has 0 fully saturated rings. The van der Waals surface area contributed by atoms with E-state index in [1.807, 2.05) is 0 Å². The number of nitrogens with one attached hydrogen (secondary N) is 1. The van der Waals surface area contributed by atoms with Crippen molar-refractivity contribution in [2.24, 2.45) is 0 Å². The van der Waals surface area contributed by atoms with Gasteiger partial charge in [0.05, 0.1) is 15.8 Å². The zero-order valence-electron chi connectivity index (χ0n) is 11.0. The van der Waals surface area contributed by atoms with Gasteiger partial charge in [0.15, 0.2) is 0 Å². The molecule has 9 heteroatoms. The monoisotopic (exact) mass is 353 g/mol. The summed E-state index contributed by atoms with van der Waals surface area (Å²) in [4.78, 5) is 23.0. The Hall–Kier alpha value is -1.31. The number of amides is 1. The Kier molecular flexibility index (Phi) is 6.00. The summed E-state index contributed by atoms with van der Waals surface area (Å²) in [6, 6.07) is 2.79. The summed E-state index contributed by atoms with van der Waals surface area (Å²) in [5, 5.41) is 11.7. The third kappa shape index (κ3) is 5.91. The van der Waals surface area contributed by atoms with E-state index < -0.39 is 27.8 Å². The summed E-state index contributed by atoms with van der Waals surface area (Å²) in [7, 11) is -3.32. The Labute approximate surface area is 132 Å². The molecule has 6 nitrogen and oxygen atoms in total. The molecule has 0 saturated heterocycles. The molecule has 1 atom stereocenters. The van der Waals surface area contributed by atoms with Crippen molar-refractivity contribution in [1.29, 1.82) is 0 Å². The van der Waals surface area contributed by atoms with E-state index >= 15 is 0 Å². The topological polar surface area (TPSA) is 101 Å². The molecule has 1 rings (SSSR count). The molecule has 1 aromatic rings. The summed E-state index contributed by atoms with van der Waals surface area (Å²) in [5.74, 6) is -2.33. The van der Waals surface area contributed by atoms with E-state index in [4.69, 9.17) is 28.3 Å². The molecule has 0 aliphatic heterocycles. The minimum absolute atomic E-state index is 0.134. The van der Waals surface area contributed by atoms with Crippen LogP contribution in [-0.4, -0.2) is 43.5 Å². The zero-order valence-corrected chi connectivity index (χ0v) is 13.3. The maximum absolute atomic E-state index is 11.9. The number of carboxylic acid groups (broad SMARTS) is 1. The van der Waals surface area contributed by atoms with Gasteiger partial charge in [0, 0.05) is 11.8 Å². The van der Waals surface area contributed by atoms with Gasteiger partial charge >= 0.3 is 5.97 Å². The molecule has 0 aliphatic rings. The molecular weight excluding hydrogens is 341 g/mol. The first-order valence-corrected chi connectivity index (χ1v) is 8.58. The lowest BCUT2D eigenvalue weighted by Gasteiger charge is -2.14. The second-order valence-electron chi connectivity index (χ2n) is 4.41. The van der Waals surface area contributed by atoms with Crippen LogP contribution in [0.5, 0.6) is 0 Å². The molecule has 1 amide bonds. The van der Waals surface area contributed by atoms with Gasteiger partial charge in [0.1, 0.15) is 15.9 Å². The number of carbonyl (C=O) groups excluding carboxylic acids is 1. The third-order valence-corrected chi connectivity index (χ3v) is 4.28. The molecule has 0 aromatic heterocycles. The van der Waals surface area contributed by atoms with Crippen LogP contribution >= 0.6 is 23.2 Å². The number of halogens is 2. The lowest BCUT2D eigenvalue weighted by molar-refractivity contribution is -0.139. The van der Waals surface area contributed by atoms with Gasteiger partial charge in [-0.25, -0.2) is 13.2 Å². The van der Waals surface area contributed by atoms with Gasteiger partial charge in [-0.15, -0.1) is 0 Å². The Morgan fingerprint density at radius 2 is 1.90 bits per heavy atom. The molecule has 0 radical (unpaired) electrons. The highest BCUT2D eigenvalue weighted by Gasteiger charge is 2.22. The van der Waals surface area contributed by atoms with Crippen molar-refractivity contribution in [3.8, 4) is 0 Å². The Morgan fingerprint density at radius 1 is 1.29 bits per heavy atom. The average Bonchev–Trinajstić information content (AvgIpc) is 2.36. The lowest BCUT2D eigenvalue weighted by Crippen LogP contribution is -2.41. The zero-order chi connectivity index (χ0) is 16.2. The van der Waals surface area contributed by atoms with E-state index in [2.05, 4.69) is 5.32 Å². The van der Waals surface area contributed by atoms with E-state index in [0.717, 1.165) is 6.26 Å². The van der Waals surface area contributed by atoms with Gasteiger partial charge in [-0.05, 0) is 24.6 Å². The van der Waals surface area contributed by atoms with Gasteiger partial charge in [-0.2, -0.15) is 0 Å². The molecule has 0 unspecified atom stereocenters. The standard InChI is InChI=1S/C12H13Cl2NO5S/c1-21(19,20)5-4-10(12(17)18)15-11(16)7-2-3-8(13)9(14)6-7/h2-3,6,10H,4-5H2,1H3,(H,15,16)(H,17,18)/t10-/m0/s1. The fourth-order valence-electron chi connectivity index (χ4n) is 1.47. The first-order chi connectivity index (χ1) is 9.60. The number of hydrogen-bond acceptors (Lipinski definition) is 4. The van der Waals surface area contributed by atoms with Gasteiger partial charge in [-0.3, -0.25) is 4.79 Å². The van der Waals surface area contributed by atoms with E-state index in [0.29, 0.717) is 0 Å². The molecular formula is C12H13Cl2NO5S. The van der Waals surface area contributed by atoms with Crippen LogP contribution in [0, 0.1) is 0 Å². The van der Waals surface area contributed by atoms with Crippen molar-refractivity contribution in [3.05, 3.63) is 33.8 Å². The quantitative estimate of drug-likeness (QED) is 0.808. The second-order valence-corrected chi connectivity index (χ2v) is 7.49. The van der Waals surface area contributed by atoms with Crippen LogP contribution in [0.2, 0.25) is 10.0 Å². The predicted molar refractivity (Wildman–Crippen MR) is 79.7 cm³/mol. The fourth-order valence-corrected chi connectivity index (χ4v) is 2.43. The highest BCUT2D eigenvalue weighted by Crippen LogP contribution is 2.22. The van der Waals surface area contributed by atoms with Crippen LogP contribution in [0.15, 0.2) is 18.2 Å². The normalized spacial score (nSPS) is 12.7. The van der Waals surface area contributed by atoms with Crippen LogP contribution in [-0.2, 0) is 14.6 Å².